The second-order valence-corrected chi connectivity index (χ2v) is 8.50. The normalized spacial score (nSPS) is 20.2. The minimum Gasteiger partial charge on any atom is -0.376 e. The number of para-hydroxylation sites is 1. The summed E-state index contributed by atoms with van der Waals surface area (Å²) < 4.78 is 18.6. The molecule has 2 aliphatic rings. The summed E-state index contributed by atoms with van der Waals surface area (Å²) in [6.07, 6.45) is 2.66. The third-order valence-corrected chi connectivity index (χ3v) is 6.11. The van der Waals surface area contributed by atoms with Gasteiger partial charge in [-0.1, -0.05) is 24.3 Å². The monoisotopic (exact) mass is 453 g/mol. The average Bonchev–Trinajstić information content (AvgIpc) is 3.47. The van der Waals surface area contributed by atoms with Crippen molar-refractivity contribution in [1.82, 2.24) is 10.2 Å². The van der Waals surface area contributed by atoms with E-state index in [1.807, 2.05) is 0 Å². The number of hydrogen-bond donors (Lipinski definition) is 2. The maximum absolute atomic E-state index is 13.1. The van der Waals surface area contributed by atoms with Crippen LogP contribution < -0.4 is 10.6 Å². The summed E-state index contributed by atoms with van der Waals surface area (Å²) in [6.45, 7) is 1.94. The zero-order valence-corrected chi connectivity index (χ0v) is 18.4. The van der Waals surface area contributed by atoms with Crippen molar-refractivity contribution < 1.29 is 23.5 Å². The number of likely N-dealkylation sites (tertiary alicyclic amines) is 1. The van der Waals surface area contributed by atoms with Gasteiger partial charge in [-0.25, -0.2) is 4.39 Å². The van der Waals surface area contributed by atoms with Gasteiger partial charge in [-0.15, -0.1) is 0 Å². The highest BCUT2D eigenvalue weighted by Crippen LogP contribution is 2.22. The molecule has 0 saturated carbocycles. The van der Waals surface area contributed by atoms with E-state index in [9.17, 15) is 18.8 Å². The van der Waals surface area contributed by atoms with E-state index in [1.165, 1.54) is 12.1 Å². The fourth-order valence-corrected chi connectivity index (χ4v) is 4.21. The number of amides is 3. The zero-order chi connectivity index (χ0) is 23.2. The molecule has 2 saturated heterocycles. The number of nitrogens with one attached hydrogen (secondary N) is 2. The minimum absolute atomic E-state index is 0.0288. The molecule has 7 nitrogen and oxygen atoms in total. The number of carbonyl (C=O) groups is 3. The van der Waals surface area contributed by atoms with E-state index in [1.54, 1.807) is 41.3 Å². The van der Waals surface area contributed by atoms with Gasteiger partial charge in [-0.2, -0.15) is 0 Å². The van der Waals surface area contributed by atoms with E-state index in [2.05, 4.69) is 10.6 Å². The van der Waals surface area contributed by atoms with Crippen LogP contribution in [0.25, 0.3) is 0 Å². The van der Waals surface area contributed by atoms with E-state index in [4.69, 9.17) is 4.74 Å². The summed E-state index contributed by atoms with van der Waals surface area (Å²) in [5.74, 6) is -1.43. The second-order valence-electron chi connectivity index (χ2n) is 8.50. The molecule has 174 valence electrons. The lowest BCUT2D eigenvalue weighted by Gasteiger charge is -2.17. The molecule has 0 aromatic heterocycles. The van der Waals surface area contributed by atoms with Crippen LogP contribution in [-0.2, 0) is 20.7 Å². The molecule has 33 heavy (non-hydrogen) atoms. The maximum atomic E-state index is 13.1. The highest BCUT2D eigenvalue weighted by atomic mass is 19.1. The van der Waals surface area contributed by atoms with Crippen molar-refractivity contribution in [2.45, 2.75) is 31.8 Å². The Hall–Kier alpha value is -3.26. The first-order valence-corrected chi connectivity index (χ1v) is 11.3. The maximum Gasteiger partial charge on any atom is 0.253 e. The topological polar surface area (TPSA) is 87.7 Å². The molecule has 2 atom stereocenters. The molecule has 0 bridgehead atoms. The molecular formula is C25H28FN3O4. The van der Waals surface area contributed by atoms with Gasteiger partial charge in [0.15, 0.2) is 0 Å². The van der Waals surface area contributed by atoms with Crippen LogP contribution >= 0.6 is 0 Å². The van der Waals surface area contributed by atoms with Crippen LogP contribution in [0.15, 0.2) is 48.5 Å². The predicted octanol–water partition coefficient (Wildman–Crippen LogP) is 2.76. The van der Waals surface area contributed by atoms with E-state index in [-0.39, 0.29) is 36.1 Å². The highest BCUT2D eigenvalue weighted by Gasteiger charge is 2.34. The van der Waals surface area contributed by atoms with Crippen molar-refractivity contribution in [3.05, 3.63) is 65.5 Å². The largest absolute Gasteiger partial charge is 0.376 e. The number of ether oxygens (including phenoxy) is 1. The molecule has 0 radical (unpaired) electrons. The van der Waals surface area contributed by atoms with Crippen molar-refractivity contribution >= 4 is 23.4 Å². The van der Waals surface area contributed by atoms with Gasteiger partial charge < -0.3 is 20.3 Å². The van der Waals surface area contributed by atoms with Gasteiger partial charge in [0.2, 0.25) is 11.8 Å². The second kappa shape index (κ2) is 10.6. The standard InChI is InChI=1S/C25H28FN3O4/c26-19-9-7-17(8-10-19)11-12-29-16-18(14-23(29)30)24(31)28-22-6-2-1-5-21(22)25(32)27-15-20-4-3-13-33-20/h1-2,5-10,18,20H,3-4,11-16H2,(H,27,32)(H,28,31)/t18-,20-/m1/s1. The Morgan fingerprint density at radius 3 is 2.67 bits per heavy atom. The molecule has 0 spiro atoms. The smallest absolute Gasteiger partial charge is 0.253 e. The van der Waals surface area contributed by atoms with Gasteiger partial charge in [0.05, 0.1) is 23.3 Å². The molecule has 2 fully saturated rings. The summed E-state index contributed by atoms with van der Waals surface area (Å²) in [5.41, 5.74) is 1.73. The van der Waals surface area contributed by atoms with Crippen molar-refractivity contribution in [3.8, 4) is 0 Å². The Bertz CT molecular complexity index is 1000. The lowest BCUT2D eigenvalue weighted by atomic mass is 10.1. The van der Waals surface area contributed by atoms with Crippen molar-refractivity contribution in [1.29, 1.82) is 0 Å². The van der Waals surface area contributed by atoms with Crippen LogP contribution in [0.1, 0.15) is 35.2 Å². The number of benzene rings is 2. The van der Waals surface area contributed by atoms with Gasteiger partial charge >= 0.3 is 0 Å². The summed E-state index contributed by atoms with van der Waals surface area (Å²) in [4.78, 5) is 39.6. The van der Waals surface area contributed by atoms with Crippen LogP contribution in [-0.4, -0.2) is 55.0 Å². The first-order valence-electron chi connectivity index (χ1n) is 11.3. The third-order valence-electron chi connectivity index (χ3n) is 6.11. The first-order chi connectivity index (χ1) is 16.0. The van der Waals surface area contributed by atoms with Gasteiger partial charge in [0.1, 0.15) is 5.82 Å². The summed E-state index contributed by atoms with van der Waals surface area (Å²) in [7, 11) is 0. The molecule has 0 unspecified atom stereocenters. The summed E-state index contributed by atoms with van der Waals surface area (Å²) in [6, 6.07) is 13.0. The fraction of sp³-hybridized carbons (Fsp3) is 0.400. The molecule has 2 aromatic rings. The van der Waals surface area contributed by atoms with E-state index < -0.39 is 5.92 Å². The van der Waals surface area contributed by atoms with Gasteiger partial charge in [0, 0.05) is 32.7 Å². The SMILES string of the molecule is O=C(NC[C@H]1CCCO1)c1ccccc1NC(=O)[C@@H]1CC(=O)N(CCc2ccc(F)cc2)C1. The highest BCUT2D eigenvalue weighted by molar-refractivity contribution is 6.05. The van der Waals surface area contributed by atoms with Crippen LogP contribution in [0.5, 0.6) is 0 Å². The third kappa shape index (κ3) is 5.96. The Morgan fingerprint density at radius 2 is 1.91 bits per heavy atom. The lowest BCUT2D eigenvalue weighted by molar-refractivity contribution is -0.128. The van der Waals surface area contributed by atoms with Gasteiger partial charge in [-0.05, 0) is 49.1 Å². The number of hydrogen-bond acceptors (Lipinski definition) is 4. The summed E-state index contributed by atoms with van der Waals surface area (Å²) in [5, 5.41) is 5.70. The molecular weight excluding hydrogens is 425 g/mol. The molecule has 3 amide bonds. The van der Waals surface area contributed by atoms with Crippen molar-refractivity contribution in [2.24, 2.45) is 5.92 Å². The molecule has 2 aromatic carbocycles. The molecule has 2 N–H and O–H groups in total. The Balaban J connectivity index is 1.32. The molecule has 0 aliphatic carbocycles. The quantitative estimate of drug-likeness (QED) is 0.644. The molecule has 8 heteroatoms. The molecule has 2 heterocycles. The van der Waals surface area contributed by atoms with Crippen LogP contribution in [0, 0.1) is 11.7 Å². The lowest BCUT2D eigenvalue weighted by Crippen LogP contribution is -2.33. The average molecular weight is 454 g/mol. The molecule has 4 rings (SSSR count). The van der Waals surface area contributed by atoms with Crippen LogP contribution in [0.4, 0.5) is 10.1 Å². The van der Waals surface area contributed by atoms with Crippen LogP contribution in [0.2, 0.25) is 0 Å². The van der Waals surface area contributed by atoms with E-state index >= 15 is 0 Å². The van der Waals surface area contributed by atoms with E-state index in [0.717, 1.165) is 18.4 Å². The van der Waals surface area contributed by atoms with Crippen LogP contribution in [0.3, 0.4) is 0 Å². The van der Waals surface area contributed by atoms with Gasteiger partial charge in [0.25, 0.3) is 5.91 Å². The predicted molar refractivity (Wildman–Crippen MR) is 121 cm³/mol. The number of nitrogens with zero attached hydrogens (tertiary/aromatic N) is 1. The Labute approximate surface area is 192 Å². The van der Waals surface area contributed by atoms with E-state index in [0.29, 0.717) is 43.9 Å². The zero-order valence-electron chi connectivity index (χ0n) is 18.4. The first kappa shape index (κ1) is 22.9. The van der Waals surface area contributed by atoms with Crippen molar-refractivity contribution in [3.63, 3.8) is 0 Å². The number of carbonyl (C=O) groups excluding carboxylic acids is 3. The molecule has 2 aliphatic heterocycles. The summed E-state index contributed by atoms with van der Waals surface area (Å²) >= 11 is 0. The Kier molecular flexibility index (Phi) is 7.34. The number of anilines is 1. The van der Waals surface area contributed by atoms with Gasteiger partial charge in [-0.3, -0.25) is 14.4 Å². The minimum atomic E-state index is -0.492. The Morgan fingerprint density at radius 1 is 1.12 bits per heavy atom. The number of rotatable bonds is 8. The fourth-order valence-electron chi connectivity index (χ4n) is 4.21. The number of halogens is 1. The van der Waals surface area contributed by atoms with Crippen molar-refractivity contribution in [2.75, 3.05) is 31.6 Å².